The van der Waals surface area contributed by atoms with Gasteiger partial charge in [-0.1, -0.05) is 0 Å². The molecule has 5 heteroatoms. The van der Waals surface area contributed by atoms with E-state index in [1.54, 1.807) is 7.11 Å². The van der Waals surface area contributed by atoms with Gasteiger partial charge in [0.05, 0.1) is 19.8 Å². The minimum Gasteiger partial charge on any atom is -0.453 e. The van der Waals surface area contributed by atoms with Crippen molar-refractivity contribution in [1.29, 1.82) is 0 Å². The first-order valence-electron chi connectivity index (χ1n) is 4.66. The number of ether oxygens (including phenoxy) is 3. The molecule has 0 aromatic rings. The van der Waals surface area contributed by atoms with Crippen LogP contribution in [-0.4, -0.2) is 38.7 Å². The molecule has 0 saturated carbocycles. The molecule has 0 bridgehead atoms. The number of nitrogens with one attached hydrogen (secondary N) is 1. The first-order valence-corrected chi connectivity index (χ1v) is 4.66. The van der Waals surface area contributed by atoms with Gasteiger partial charge in [0.2, 0.25) is 0 Å². The maximum atomic E-state index is 11.0. The molecule has 1 fully saturated rings. The Morgan fingerprint density at radius 3 is 2.86 bits per heavy atom. The zero-order valence-electron chi connectivity index (χ0n) is 8.83. The molecule has 1 heterocycles. The highest BCUT2D eigenvalue weighted by Gasteiger charge is 2.39. The Hall–Kier alpha value is -0.810. The summed E-state index contributed by atoms with van der Waals surface area (Å²) in [6, 6.07) is -0.159. The number of rotatable bonds is 2. The van der Waals surface area contributed by atoms with Crippen LogP contribution in [-0.2, 0) is 14.2 Å². The summed E-state index contributed by atoms with van der Waals surface area (Å²) >= 11 is 0. The maximum Gasteiger partial charge on any atom is 0.407 e. The van der Waals surface area contributed by atoms with Crippen LogP contribution in [0.4, 0.5) is 4.79 Å². The van der Waals surface area contributed by atoms with E-state index in [0.29, 0.717) is 6.61 Å². The van der Waals surface area contributed by atoms with Crippen molar-refractivity contribution in [1.82, 2.24) is 5.32 Å². The fourth-order valence-electron chi connectivity index (χ4n) is 1.53. The van der Waals surface area contributed by atoms with Gasteiger partial charge in [-0.05, 0) is 19.8 Å². The van der Waals surface area contributed by atoms with Crippen LogP contribution in [0.15, 0.2) is 0 Å². The first kappa shape index (κ1) is 11.3. The van der Waals surface area contributed by atoms with Crippen molar-refractivity contribution < 1.29 is 19.0 Å². The van der Waals surface area contributed by atoms with E-state index in [1.807, 2.05) is 6.92 Å². The molecule has 1 amide bonds. The van der Waals surface area contributed by atoms with Gasteiger partial charge in [0.25, 0.3) is 0 Å². The summed E-state index contributed by atoms with van der Waals surface area (Å²) < 4.78 is 15.3. The maximum absolute atomic E-state index is 11.0. The average molecular weight is 203 g/mol. The largest absolute Gasteiger partial charge is 0.453 e. The highest BCUT2D eigenvalue weighted by atomic mass is 16.7. The highest BCUT2D eigenvalue weighted by Crippen LogP contribution is 2.25. The van der Waals surface area contributed by atoms with Crippen molar-refractivity contribution in [2.75, 3.05) is 20.8 Å². The molecule has 5 nitrogen and oxygen atoms in total. The van der Waals surface area contributed by atoms with Crippen LogP contribution in [0, 0.1) is 0 Å². The van der Waals surface area contributed by atoms with Gasteiger partial charge >= 0.3 is 6.09 Å². The Morgan fingerprint density at radius 2 is 2.29 bits per heavy atom. The molecule has 0 spiro atoms. The van der Waals surface area contributed by atoms with Gasteiger partial charge in [0, 0.05) is 7.11 Å². The quantitative estimate of drug-likeness (QED) is 0.724. The van der Waals surface area contributed by atoms with E-state index in [-0.39, 0.29) is 6.04 Å². The molecule has 14 heavy (non-hydrogen) atoms. The molecular weight excluding hydrogens is 186 g/mol. The van der Waals surface area contributed by atoms with E-state index < -0.39 is 11.9 Å². The SMILES string of the molecule is COC(=O)NC1CCCOC1(C)OC. The highest BCUT2D eigenvalue weighted by molar-refractivity contribution is 5.67. The summed E-state index contributed by atoms with van der Waals surface area (Å²) in [5, 5.41) is 2.70. The van der Waals surface area contributed by atoms with Gasteiger partial charge in [-0.25, -0.2) is 4.79 Å². The van der Waals surface area contributed by atoms with Crippen LogP contribution in [0.2, 0.25) is 0 Å². The molecule has 0 radical (unpaired) electrons. The Labute approximate surface area is 83.7 Å². The van der Waals surface area contributed by atoms with Gasteiger partial charge < -0.3 is 19.5 Å². The van der Waals surface area contributed by atoms with Crippen molar-refractivity contribution in [2.45, 2.75) is 31.6 Å². The zero-order chi connectivity index (χ0) is 10.6. The molecule has 0 aromatic heterocycles. The van der Waals surface area contributed by atoms with Gasteiger partial charge in [-0.3, -0.25) is 0 Å². The third kappa shape index (κ3) is 2.36. The van der Waals surface area contributed by atoms with Gasteiger partial charge in [-0.15, -0.1) is 0 Å². The first-order chi connectivity index (χ1) is 6.62. The predicted molar refractivity (Wildman–Crippen MR) is 49.9 cm³/mol. The lowest BCUT2D eigenvalue weighted by atomic mass is 10.0. The van der Waals surface area contributed by atoms with Gasteiger partial charge in [-0.2, -0.15) is 0 Å². The van der Waals surface area contributed by atoms with E-state index in [2.05, 4.69) is 10.1 Å². The predicted octanol–water partition coefficient (Wildman–Crippen LogP) is 0.884. The van der Waals surface area contributed by atoms with Crippen LogP contribution >= 0.6 is 0 Å². The van der Waals surface area contributed by atoms with Crippen LogP contribution in [0.25, 0.3) is 0 Å². The third-order valence-corrected chi connectivity index (χ3v) is 2.54. The van der Waals surface area contributed by atoms with E-state index in [9.17, 15) is 4.79 Å². The second-order valence-corrected chi connectivity index (χ2v) is 3.40. The summed E-state index contributed by atoms with van der Waals surface area (Å²) in [4.78, 5) is 11.0. The van der Waals surface area contributed by atoms with Crippen molar-refractivity contribution in [3.63, 3.8) is 0 Å². The molecule has 2 unspecified atom stereocenters. The van der Waals surface area contributed by atoms with Crippen LogP contribution in [0.5, 0.6) is 0 Å². The smallest absolute Gasteiger partial charge is 0.407 e. The van der Waals surface area contributed by atoms with E-state index in [1.165, 1.54) is 7.11 Å². The lowest BCUT2D eigenvalue weighted by molar-refractivity contribution is -0.243. The Morgan fingerprint density at radius 1 is 1.57 bits per heavy atom. The summed E-state index contributed by atoms with van der Waals surface area (Å²) in [7, 11) is 2.90. The molecular formula is C9H17NO4. The second kappa shape index (κ2) is 4.61. The molecule has 1 N–H and O–H groups in total. The van der Waals surface area contributed by atoms with Crippen LogP contribution in [0.3, 0.4) is 0 Å². The summed E-state index contributed by atoms with van der Waals surface area (Å²) in [5.74, 6) is -0.744. The minimum absolute atomic E-state index is 0.159. The Kier molecular flexibility index (Phi) is 3.71. The van der Waals surface area contributed by atoms with Crippen molar-refractivity contribution in [3.05, 3.63) is 0 Å². The van der Waals surface area contributed by atoms with Gasteiger partial charge in [0.1, 0.15) is 0 Å². The molecule has 82 valence electrons. The number of amides is 1. The molecule has 1 saturated heterocycles. The third-order valence-electron chi connectivity index (χ3n) is 2.54. The van der Waals surface area contributed by atoms with E-state index in [4.69, 9.17) is 9.47 Å². The molecule has 0 aliphatic carbocycles. The zero-order valence-corrected chi connectivity index (χ0v) is 8.83. The number of hydrogen-bond donors (Lipinski definition) is 1. The summed E-state index contributed by atoms with van der Waals surface area (Å²) in [5.41, 5.74) is 0. The van der Waals surface area contributed by atoms with Crippen molar-refractivity contribution in [3.8, 4) is 0 Å². The number of carbonyl (C=O) groups excluding carboxylic acids is 1. The molecule has 1 aliphatic heterocycles. The lowest BCUT2D eigenvalue weighted by Gasteiger charge is -2.39. The fraction of sp³-hybridized carbons (Fsp3) is 0.889. The monoisotopic (exact) mass is 203 g/mol. The van der Waals surface area contributed by atoms with E-state index in [0.717, 1.165) is 12.8 Å². The van der Waals surface area contributed by atoms with Gasteiger partial charge in [0.15, 0.2) is 5.79 Å². The summed E-state index contributed by atoms with van der Waals surface area (Å²) in [6.07, 6.45) is 1.29. The average Bonchev–Trinajstić information content (AvgIpc) is 2.21. The molecule has 0 aromatic carbocycles. The molecule has 1 aliphatic rings. The van der Waals surface area contributed by atoms with Crippen LogP contribution in [0.1, 0.15) is 19.8 Å². The molecule has 1 rings (SSSR count). The number of hydrogen-bond acceptors (Lipinski definition) is 4. The Balaban J connectivity index is 2.59. The standard InChI is InChI=1S/C9H17NO4/c1-9(13-3)7(5-4-6-14-9)10-8(11)12-2/h7H,4-6H2,1-3H3,(H,10,11). The topological polar surface area (TPSA) is 56.8 Å². The number of carbonyl (C=O) groups is 1. The van der Waals surface area contributed by atoms with Crippen molar-refractivity contribution in [2.24, 2.45) is 0 Å². The van der Waals surface area contributed by atoms with Crippen molar-refractivity contribution >= 4 is 6.09 Å². The second-order valence-electron chi connectivity index (χ2n) is 3.40. The Bertz CT molecular complexity index is 209. The minimum atomic E-state index is -0.744. The van der Waals surface area contributed by atoms with E-state index >= 15 is 0 Å². The molecule has 2 atom stereocenters. The number of alkyl carbamates (subject to hydrolysis) is 1. The van der Waals surface area contributed by atoms with Crippen LogP contribution < -0.4 is 5.32 Å². The lowest BCUT2D eigenvalue weighted by Crippen LogP contribution is -2.56. The fourth-order valence-corrected chi connectivity index (χ4v) is 1.53. The normalized spacial score (nSPS) is 32.4. The summed E-state index contributed by atoms with van der Waals surface area (Å²) in [6.45, 7) is 2.47. The number of methoxy groups -OCH3 is 2.